The Labute approximate surface area is 416 Å². The number of nitrogens with zero attached hydrogens (tertiary/aromatic N) is 4. The highest BCUT2D eigenvalue weighted by molar-refractivity contribution is 6.15. The lowest BCUT2D eigenvalue weighted by Gasteiger charge is -2.26. The van der Waals surface area contributed by atoms with Crippen LogP contribution in [-0.4, -0.2) is 110 Å². The molecular formula is C56H65N5O10. The molecule has 2 amide bonds. The maximum absolute atomic E-state index is 14.1. The third-order valence-electron chi connectivity index (χ3n) is 12.9. The van der Waals surface area contributed by atoms with E-state index in [-0.39, 0.29) is 42.9 Å². The molecule has 4 heterocycles. The van der Waals surface area contributed by atoms with E-state index in [4.69, 9.17) is 38.2 Å². The minimum atomic E-state index is -0.195. The molecule has 4 aliphatic rings. The van der Waals surface area contributed by atoms with E-state index >= 15 is 0 Å². The maximum atomic E-state index is 14.1. The molecule has 5 aromatic carbocycles. The summed E-state index contributed by atoms with van der Waals surface area (Å²) in [7, 11) is 4.76. The van der Waals surface area contributed by atoms with Gasteiger partial charge >= 0.3 is 0 Å². The molecule has 1 N–H and O–H groups in total. The molecule has 5 aromatic rings. The van der Waals surface area contributed by atoms with Crippen LogP contribution in [0, 0.1) is 0 Å². The van der Waals surface area contributed by atoms with Crippen molar-refractivity contribution in [1.82, 2.24) is 0 Å². The molecule has 0 saturated carbocycles. The number of Topliss-reactive ketones (excluding diaryl/α,β-unsaturated/α-hetero) is 1. The Bertz CT molecular complexity index is 2730. The SMILES string of the molecule is CC.COCCOCCOCCN(CCCC(C)=O)c1cc(COc2cc3c(cc2OC)C(=O)N2c4ccccc4CC2C=N3)cc(COc2cc3c(cc2OC)C(=O)N2c4ccccc4C[C@H]2CN3)c1. The zero-order chi connectivity index (χ0) is 49.9. The number of ether oxygens (including phenoxy) is 7. The lowest BCUT2D eigenvalue weighted by molar-refractivity contribution is -0.117. The number of anilines is 4. The van der Waals surface area contributed by atoms with Crippen LogP contribution in [0.3, 0.4) is 0 Å². The molecule has 4 aliphatic heterocycles. The maximum Gasteiger partial charge on any atom is 0.261 e. The van der Waals surface area contributed by atoms with Crippen molar-refractivity contribution < 1.29 is 47.5 Å². The summed E-state index contributed by atoms with van der Waals surface area (Å²) in [5.41, 5.74) is 8.79. The Hall–Kier alpha value is -6.94. The normalized spacial score (nSPS) is 15.9. The zero-order valence-corrected chi connectivity index (χ0v) is 41.7. The first kappa shape index (κ1) is 50.4. The van der Waals surface area contributed by atoms with Gasteiger partial charge in [0.15, 0.2) is 23.0 Å². The van der Waals surface area contributed by atoms with E-state index < -0.39 is 0 Å². The third kappa shape index (κ3) is 11.5. The molecule has 2 atom stereocenters. The second kappa shape index (κ2) is 23.8. The fraction of sp³-hybridized carbons (Fsp3) is 0.393. The fourth-order valence-corrected chi connectivity index (χ4v) is 9.54. The second-order valence-electron chi connectivity index (χ2n) is 17.6. The van der Waals surface area contributed by atoms with Gasteiger partial charge in [-0.1, -0.05) is 50.2 Å². The van der Waals surface area contributed by atoms with Crippen LogP contribution in [0.25, 0.3) is 0 Å². The van der Waals surface area contributed by atoms with Crippen LogP contribution in [-0.2, 0) is 45.1 Å². The Morgan fingerprint density at radius 3 is 1.97 bits per heavy atom. The second-order valence-corrected chi connectivity index (χ2v) is 17.6. The average molecular weight is 968 g/mol. The predicted molar refractivity (Wildman–Crippen MR) is 276 cm³/mol. The molecular weight excluding hydrogens is 903 g/mol. The van der Waals surface area contributed by atoms with Crippen LogP contribution in [0.2, 0.25) is 0 Å². The van der Waals surface area contributed by atoms with Crippen molar-refractivity contribution in [1.29, 1.82) is 0 Å². The lowest BCUT2D eigenvalue weighted by atomic mass is 10.1. The molecule has 0 radical (unpaired) electrons. The summed E-state index contributed by atoms with van der Waals surface area (Å²) in [4.78, 5) is 51.1. The van der Waals surface area contributed by atoms with Gasteiger partial charge in [0, 0.05) is 75.0 Å². The number of fused-ring (bicyclic) bond motifs is 8. The molecule has 0 fully saturated rings. The number of para-hydroxylation sites is 2. The minimum absolute atomic E-state index is 0.0177. The summed E-state index contributed by atoms with van der Waals surface area (Å²) < 4.78 is 41.5. The van der Waals surface area contributed by atoms with Gasteiger partial charge in [-0.3, -0.25) is 19.5 Å². The number of amides is 2. The van der Waals surface area contributed by atoms with E-state index in [0.717, 1.165) is 45.7 Å². The standard InChI is InChI=1S/C54H59N5O10.C2H6/c1-35(60)10-9-15-57(16-17-66-20-21-67-19-18-63-2)40-23-36(33-68-51-29-45-43(27-49(51)64-3)53(61)58-41(31-55-45)25-38-11-5-7-13-47(38)58)22-37(24-40)34-69-52-30-46-44(28-50(52)65-4)54(62)59-42(32-56-46)26-39-12-6-8-14-48(39)59;1-2/h5-8,11-14,22-24,27-31,41-42,56H,9-10,15-21,25-26,32-34H2,1-4H3;1-2H3/t41?,42-;/m0./s1. The summed E-state index contributed by atoms with van der Waals surface area (Å²) in [5, 5.41) is 3.52. The molecule has 1 unspecified atom stereocenters. The van der Waals surface area contributed by atoms with Gasteiger partial charge in [0.1, 0.15) is 19.0 Å². The van der Waals surface area contributed by atoms with Crippen LogP contribution in [0.4, 0.5) is 28.4 Å². The number of nitrogens with one attached hydrogen (secondary N) is 1. The Morgan fingerprint density at radius 2 is 1.30 bits per heavy atom. The highest BCUT2D eigenvalue weighted by Crippen LogP contribution is 2.43. The van der Waals surface area contributed by atoms with Crippen LogP contribution >= 0.6 is 0 Å². The summed E-state index contributed by atoms with van der Waals surface area (Å²) in [6.07, 6.45) is 4.39. The average Bonchev–Trinajstić information content (AvgIpc) is 3.88. The number of benzene rings is 5. The van der Waals surface area contributed by atoms with Crippen LogP contribution in [0.15, 0.2) is 96.0 Å². The van der Waals surface area contributed by atoms with Gasteiger partial charge in [-0.15, -0.1) is 0 Å². The first-order chi connectivity index (χ1) is 34.7. The highest BCUT2D eigenvalue weighted by Gasteiger charge is 2.39. The summed E-state index contributed by atoms with van der Waals surface area (Å²) >= 11 is 0. The molecule has 374 valence electrons. The van der Waals surface area contributed by atoms with Gasteiger partial charge in [-0.2, -0.15) is 0 Å². The predicted octanol–water partition coefficient (Wildman–Crippen LogP) is 9.03. The quantitative estimate of drug-likeness (QED) is 0.0660. The monoisotopic (exact) mass is 967 g/mol. The molecule has 71 heavy (non-hydrogen) atoms. The summed E-state index contributed by atoms with van der Waals surface area (Å²) in [6.45, 7) is 9.95. The zero-order valence-electron chi connectivity index (χ0n) is 41.7. The number of carbonyl (C=O) groups excluding carboxylic acids is 3. The van der Waals surface area contributed by atoms with E-state index in [1.54, 1.807) is 46.5 Å². The molecule has 0 aliphatic carbocycles. The van der Waals surface area contributed by atoms with Crippen LogP contribution < -0.4 is 39.0 Å². The number of hydrogen-bond acceptors (Lipinski definition) is 13. The largest absolute Gasteiger partial charge is 0.493 e. The number of rotatable bonds is 22. The van der Waals surface area contributed by atoms with Crippen molar-refractivity contribution in [2.45, 2.75) is 71.8 Å². The first-order valence-electron chi connectivity index (χ1n) is 24.5. The molecule has 0 saturated heterocycles. The van der Waals surface area contributed by atoms with Crippen LogP contribution in [0.1, 0.15) is 76.6 Å². The van der Waals surface area contributed by atoms with Gasteiger partial charge < -0.3 is 53.1 Å². The van der Waals surface area contributed by atoms with E-state index in [2.05, 4.69) is 28.4 Å². The van der Waals surface area contributed by atoms with Gasteiger partial charge in [-0.25, -0.2) is 0 Å². The number of hydrogen-bond donors (Lipinski definition) is 1. The molecule has 0 bridgehead atoms. The smallest absolute Gasteiger partial charge is 0.261 e. The number of carbonyl (C=O) groups is 3. The molecule has 0 spiro atoms. The number of methoxy groups -OCH3 is 3. The van der Waals surface area contributed by atoms with E-state index in [1.165, 1.54) is 0 Å². The first-order valence-corrected chi connectivity index (χ1v) is 24.5. The topological polar surface area (TPSA) is 150 Å². The Balaban J connectivity index is 0.00000334. The van der Waals surface area contributed by atoms with Crippen molar-refractivity contribution in [2.24, 2.45) is 4.99 Å². The fourth-order valence-electron chi connectivity index (χ4n) is 9.54. The molecule has 15 nitrogen and oxygen atoms in total. The van der Waals surface area contributed by atoms with Crippen molar-refractivity contribution in [3.05, 3.63) is 124 Å². The highest BCUT2D eigenvalue weighted by atomic mass is 16.5. The Morgan fingerprint density at radius 1 is 0.690 bits per heavy atom. The van der Waals surface area contributed by atoms with Crippen molar-refractivity contribution in [2.75, 3.05) is 94.0 Å². The van der Waals surface area contributed by atoms with Gasteiger partial charge in [0.25, 0.3) is 11.8 Å². The molecule has 9 rings (SSSR count). The molecule has 0 aromatic heterocycles. The van der Waals surface area contributed by atoms with Gasteiger partial charge in [0.05, 0.1) is 81.8 Å². The van der Waals surface area contributed by atoms with Gasteiger partial charge in [-0.05, 0) is 84.5 Å². The number of ketones is 1. The van der Waals surface area contributed by atoms with Crippen molar-refractivity contribution in [3.8, 4) is 23.0 Å². The third-order valence-corrected chi connectivity index (χ3v) is 12.9. The Kier molecular flexibility index (Phi) is 16.9. The number of aliphatic imine (C=N–C) groups is 1. The van der Waals surface area contributed by atoms with Crippen LogP contribution in [0.5, 0.6) is 23.0 Å². The summed E-state index contributed by atoms with van der Waals surface area (Å²) in [5.74, 6) is 1.65. The molecule has 15 heteroatoms. The minimum Gasteiger partial charge on any atom is -0.493 e. The van der Waals surface area contributed by atoms with Crippen molar-refractivity contribution in [3.63, 3.8) is 0 Å². The van der Waals surface area contributed by atoms with Gasteiger partial charge in [0.2, 0.25) is 0 Å². The van der Waals surface area contributed by atoms with Crippen molar-refractivity contribution >= 4 is 52.2 Å². The van der Waals surface area contributed by atoms with E-state index in [0.29, 0.717) is 117 Å². The van der Waals surface area contributed by atoms with E-state index in [1.807, 2.05) is 84.5 Å². The summed E-state index contributed by atoms with van der Waals surface area (Å²) in [6, 6.07) is 29.0. The lowest BCUT2D eigenvalue weighted by Crippen LogP contribution is -2.39. The van der Waals surface area contributed by atoms with E-state index in [9.17, 15) is 14.4 Å².